The van der Waals surface area contributed by atoms with E-state index in [1.54, 1.807) is 30.3 Å². The van der Waals surface area contributed by atoms with Gasteiger partial charge in [0.05, 0.1) is 21.8 Å². The van der Waals surface area contributed by atoms with Crippen LogP contribution in [-0.2, 0) is 16.2 Å². The van der Waals surface area contributed by atoms with Crippen LogP contribution in [0.1, 0.15) is 33.9 Å². The summed E-state index contributed by atoms with van der Waals surface area (Å²) >= 11 is 1.34. The highest BCUT2D eigenvalue weighted by atomic mass is 32.1. The van der Waals surface area contributed by atoms with Gasteiger partial charge in [-0.3, -0.25) is 14.5 Å². The van der Waals surface area contributed by atoms with Crippen molar-refractivity contribution in [3.8, 4) is 17.2 Å². The standard InChI is InChI=1S/C35H28N2O6S/c1-20-16-21(2)30-28(17-20)44-35(36-30)37-31(23-8-11-25(12-9-23)43-19-22-6-4-3-5-7-22)29(33(39)34(37)40)32(38)24-10-13-26-27(18-24)42-15-14-41-26/h3-13,16-18,31,38H,14-15,19H2,1-2H3/t31-/m0/s1. The molecule has 220 valence electrons. The molecule has 2 aliphatic heterocycles. The summed E-state index contributed by atoms with van der Waals surface area (Å²) in [6.07, 6.45) is 0. The first-order valence-electron chi connectivity index (χ1n) is 14.2. The maximum absolute atomic E-state index is 13.8. The van der Waals surface area contributed by atoms with E-state index in [0.29, 0.717) is 53.3 Å². The molecule has 0 bridgehead atoms. The van der Waals surface area contributed by atoms with Crippen molar-refractivity contribution in [3.63, 3.8) is 0 Å². The van der Waals surface area contributed by atoms with Crippen LogP contribution in [0.2, 0.25) is 0 Å². The molecule has 1 aromatic heterocycles. The Hall–Kier alpha value is -5.15. The Morgan fingerprint density at radius 3 is 2.48 bits per heavy atom. The van der Waals surface area contributed by atoms with Crippen LogP contribution >= 0.6 is 11.3 Å². The van der Waals surface area contributed by atoms with Gasteiger partial charge in [0.25, 0.3) is 5.78 Å². The molecule has 4 aromatic carbocycles. The lowest BCUT2D eigenvalue weighted by atomic mass is 9.95. The smallest absolute Gasteiger partial charge is 0.301 e. The Labute approximate surface area is 257 Å². The lowest BCUT2D eigenvalue weighted by Crippen LogP contribution is -2.29. The molecular formula is C35H28N2O6S. The van der Waals surface area contributed by atoms with Crippen LogP contribution in [0.25, 0.3) is 16.0 Å². The van der Waals surface area contributed by atoms with Crippen LogP contribution < -0.4 is 19.1 Å². The number of aryl methyl sites for hydroxylation is 2. The molecule has 9 heteroatoms. The number of carbonyl (C=O) groups excluding carboxylic acids is 2. The third-order valence-corrected chi connectivity index (χ3v) is 8.73. The molecule has 0 saturated carbocycles. The predicted octanol–water partition coefficient (Wildman–Crippen LogP) is 6.89. The van der Waals surface area contributed by atoms with E-state index in [0.717, 1.165) is 26.9 Å². The van der Waals surface area contributed by atoms with Crippen molar-refractivity contribution in [2.75, 3.05) is 18.1 Å². The lowest BCUT2D eigenvalue weighted by molar-refractivity contribution is -0.132. The van der Waals surface area contributed by atoms with Gasteiger partial charge in [-0.2, -0.15) is 0 Å². The van der Waals surface area contributed by atoms with Crippen molar-refractivity contribution in [3.05, 3.63) is 118 Å². The van der Waals surface area contributed by atoms with Crippen LogP contribution in [0, 0.1) is 13.8 Å². The highest BCUT2D eigenvalue weighted by Gasteiger charge is 2.48. The minimum atomic E-state index is -0.923. The predicted molar refractivity (Wildman–Crippen MR) is 169 cm³/mol. The summed E-state index contributed by atoms with van der Waals surface area (Å²) in [5.74, 6) is -0.206. The Morgan fingerprint density at radius 2 is 1.70 bits per heavy atom. The number of nitrogens with zero attached hydrogens (tertiary/aromatic N) is 2. The van der Waals surface area contributed by atoms with E-state index in [-0.39, 0.29) is 11.3 Å². The molecule has 7 rings (SSSR count). The van der Waals surface area contributed by atoms with Gasteiger partial charge in [-0.05, 0) is 72.5 Å². The van der Waals surface area contributed by atoms with Crippen molar-refractivity contribution in [1.29, 1.82) is 0 Å². The van der Waals surface area contributed by atoms with Gasteiger partial charge in [0.2, 0.25) is 0 Å². The van der Waals surface area contributed by atoms with Gasteiger partial charge in [-0.25, -0.2) is 4.98 Å². The normalized spacial score (nSPS) is 17.3. The molecule has 5 aromatic rings. The third kappa shape index (κ3) is 4.95. The quantitative estimate of drug-likeness (QED) is 0.128. The number of hydrogen-bond acceptors (Lipinski definition) is 8. The zero-order valence-corrected chi connectivity index (χ0v) is 24.9. The fourth-order valence-corrected chi connectivity index (χ4v) is 6.81. The average Bonchev–Trinajstić information content (AvgIpc) is 3.58. The SMILES string of the molecule is Cc1cc(C)c2nc(N3C(=O)C(=O)C(=C(O)c4ccc5c(c4)OCCO5)[C@@H]3c3ccc(OCc4ccccc4)cc3)sc2c1. The number of amides is 1. The van der Waals surface area contributed by atoms with E-state index in [2.05, 4.69) is 0 Å². The van der Waals surface area contributed by atoms with Crippen LogP contribution in [0.15, 0.2) is 90.5 Å². The number of aliphatic hydroxyl groups excluding tert-OH is 1. The second-order valence-corrected chi connectivity index (χ2v) is 11.8. The summed E-state index contributed by atoms with van der Waals surface area (Å²) in [6.45, 7) is 5.17. The fraction of sp³-hybridized carbons (Fsp3) is 0.171. The van der Waals surface area contributed by atoms with E-state index in [1.165, 1.54) is 16.2 Å². The lowest BCUT2D eigenvalue weighted by Gasteiger charge is -2.23. The Morgan fingerprint density at radius 1 is 0.955 bits per heavy atom. The van der Waals surface area contributed by atoms with E-state index >= 15 is 0 Å². The molecule has 0 radical (unpaired) electrons. The summed E-state index contributed by atoms with van der Waals surface area (Å²) < 4.78 is 18.2. The zero-order chi connectivity index (χ0) is 30.4. The maximum Gasteiger partial charge on any atom is 0.301 e. The highest BCUT2D eigenvalue weighted by molar-refractivity contribution is 7.22. The molecule has 1 atom stereocenters. The molecule has 3 heterocycles. The number of aromatic nitrogens is 1. The highest BCUT2D eigenvalue weighted by Crippen LogP contribution is 2.45. The van der Waals surface area contributed by atoms with Crippen LogP contribution in [0.5, 0.6) is 17.2 Å². The van der Waals surface area contributed by atoms with E-state index in [9.17, 15) is 14.7 Å². The number of benzene rings is 4. The molecule has 0 aliphatic carbocycles. The second kappa shape index (κ2) is 11.2. The Kier molecular flexibility index (Phi) is 7.02. The zero-order valence-electron chi connectivity index (χ0n) is 24.1. The molecule has 1 saturated heterocycles. The summed E-state index contributed by atoms with van der Waals surface area (Å²) in [5.41, 5.74) is 4.80. The molecule has 0 unspecified atom stereocenters. The Bertz CT molecular complexity index is 1950. The second-order valence-electron chi connectivity index (χ2n) is 10.8. The number of ketones is 1. The number of rotatable bonds is 6. The van der Waals surface area contributed by atoms with Gasteiger partial charge in [0.1, 0.15) is 31.3 Å². The number of aliphatic hydroxyl groups is 1. The number of ether oxygens (including phenoxy) is 3. The topological polar surface area (TPSA) is 98.2 Å². The Balaban J connectivity index is 1.32. The van der Waals surface area contributed by atoms with Crippen molar-refractivity contribution < 1.29 is 28.9 Å². The van der Waals surface area contributed by atoms with E-state index in [4.69, 9.17) is 19.2 Å². The number of fused-ring (bicyclic) bond motifs is 2. The molecule has 44 heavy (non-hydrogen) atoms. The summed E-state index contributed by atoms with van der Waals surface area (Å²) in [5, 5.41) is 12.0. The number of Topliss-reactive ketones (excluding diaryl/α,β-unsaturated/α-hetero) is 1. The van der Waals surface area contributed by atoms with Gasteiger partial charge < -0.3 is 19.3 Å². The monoisotopic (exact) mass is 604 g/mol. The first kappa shape index (κ1) is 27.7. The summed E-state index contributed by atoms with van der Waals surface area (Å²) in [6, 6.07) is 25.1. The van der Waals surface area contributed by atoms with E-state index in [1.807, 2.05) is 68.4 Å². The average molecular weight is 605 g/mol. The summed E-state index contributed by atoms with van der Waals surface area (Å²) in [7, 11) is 0. The van der Waals surface area contributed by atoms with Crippen molar-refractivity contribution in [2.24, 2.45) is 0 Å². The fourth-order valence-electron chi connectivity index (χ4n) is 5.64. The van der Waals surface area contributed by atoms with Crippen LogP contribution in [0.3, 0.4) is 0 Å². The van der Waals surface area contributed by atoms with Crippen molar-refractivity contribution >= 4 is 44.1 Å². The maximum atomic E-state index is 13.8. The first-order valence-corrected chi connectivity index (χ1v) is 15.0. The molecule has 2 aliphatic rings. The van der Waals surface area contributed by atoms with E-state index < -0.39 is 17.7 Å². The van der Waals surface area contributed by atoms with Gasteiger partial charge in [0.15, 0.2) is 16.6 Å². The molecule has 1 fully saturated rings. The van der Waals surface area contributed by atoms with Crippen molar-refractivity contribution in [2.45, 2.75) is 26.5 Å². The minimum Gasteiger partial charge on any atom is -0.507 e. The van der Waals surface area contributed by atoms with Gasteiger partial charge in [-0.15, -0.1) is 0 Å². The molecule has 1 amide bonds. The minimum absolute atomic E-state index is 0.0307. The number of anilines is 1. The number of carbonyl (C=O) groups is 2. The van der Waals surface area contributed by atoms with Gasteiger partial charge in [0, 0.05) is 5.56 Å². The van der Waals surface area contributed by atoms with Crippen LogP contribution in [-0.4, -0.2) is 35.0 Å². The van der Waals surface area contributed by atoms with Gasteiger partial charge in [-0.1, -0.05) is 59.9 Å². The molecular weight excluding hydrogens is 576 g/mol. The number of thiazole rings is 1. The largest absolute Gasteiger partial charge is 0.507 e. The summed E-state index contributed by atoms with van der Waals surface area (Å²) in [4.78, 5) is 33.7. The third-order valence-electron chi connectivity index (χ3n) is 7.73. The molecule has 8 nitrogen and oxygen atoms in total. The molecule has 1 N–H and O–H groups in total. The molecule has 0 spiro atoms. The number of hydrogen-bond donors (Lipinski definition) is 1. The van der Waals surface area contributed by atoms with Crippen molar-refractivity contribution in [1.82, 2.24) is 4.98 Å². The van der Waals surface area contributed by atoms with Gasteiger partial charge >= 0.3 is 5.91 Å². The van der Waals surface area contributed by atoms with Crippen LogP contribution in [0.4, 0.5) is 5.13 Å². The first-order chi connectivity index (χ1) is 21.4.